The predicted octanol–water partition coefficient (Wildman–Crippen LogP) is 3.43. The first-order valence-electron chi connectivity index (χ1n) is 6.06. The van der Waals surface area contributed by atoms with E-state index in [1.807, 2.05) is 0 Å². The summed E-state index contributed by atoms with van der Waals surface area (Å²) >= 11 is 5.92. The highest BCUT2D eigenvalue weighted by Crippen LogP contribution is 2.26. The zero-order chi connectivity index (χ0) is 15.4. The molecule has 0 saturated carbocycles. The highest BCUT2D eigenvalue weighted by atomic mass is 35.5. The van der Waals surface area contributed by atoms with Gasteiger partial charge in [0.15, 0.2) is 0 Å². The molecule has 0 saturated heterocycles. The van der Waals surface area contributed by atoms with E-state index >= 15 is 0 Å². The van der Waals surface area contributed by atoms with Gasteiger partial charge in [-0.25, -0.2) is 9.18 Å². The number of rotatable bonds is 4. The van der Waals surface area contributed by atoms with Crippen LogP contribution in [0.2, 0.25) is 5.02 Å². The zero-order valence-electron chi connectivity index (χ0n) is 11.2. The van der Waals surface area contributed by atoms with Gasteiger partial charge in [-0.05, 0) is 24.3 Å². The molecule has 2 aromatic rings. The second kappa shape index (κ2) is 6.45. The fourth-order valence-corrected chi connectivity index (χ4v) is 1.97. The summed E-state index contributed by atoms with van der Waals surface area (Å²) in [5.74, 6) is -0.836. The summed E-state index contributed by atoms with van der Waals surface area (Å²) in [4.78, 5) is 11.6. The van der Waals surface area contributed by atoms with Crippen LogP contribution in [0.5, 0.6) is 5.75 Å². The van der Waals surface area contributed by atoms with Crippen LogP contribution in [0, 0.1) is 5.82 Å². The van der Waals surface area contributed by atoms with Crippen LogP contribution in [-0.2, 0) is 11.3 Å². The number of esters is 1. The summed E-state index contributed by atoms with van der Waals surface area (Å²) in [6.45, 7) is -0.126. The normalized spacial score (nSPS) is 10.2. The topological polar surface area (TPSA) is 61.5 Å². The molecule has 21 heavy (non-hydrogen) atoms. The lowest BCUT2D eigenvalue weighted by Gasteiger charge is -2.12. The molecular weight excluding hydrogens is 297 g/mol. The van der Waals surface area contributed by atoms with E-state index in [0.29, 0.717) is 5.69 Å². The summed E-state index contributed by atoms with van der Waals surface area (Å²) in [7, 11) is 1.26. The van der Waals surface area contributed by atoms with Crippen LogP contribution in [0.4, 0.5) is 10.1 Å². The van der Waals surface area contributed by atoms with Gasteiger partial charge in [0.2, 0.25) is 0 Å². The van der Waals surface area contributed by atoms with Gasteiger partial charge in [0.05, 0.1) is 12.1 Å². The smallest absolute Gasteiger partial charge is 0.341 e. The minimum atomic E-state index is -0.565. The quantitative estimate of drug-likeness (QED) is 0.694. The van der Waals surface area contributed by atoms with Crippen LogP contribution in [0.15, 0.2) is 36.4 Å². The Bertz CT molecular complexity index is 656. The third-order valence-electron chi connectivity index (χ3n) is 2.84. The van der Waals surface area contributed by atoms with Crippen LogP contribution in [0.25, 0.3) is 0 Å². The molecule has 0 heterocycles. The molecule has 110 valence electrons. The number of nitrogen functional groups attached to an aromatic ring is 1. The number of carbonyl (C=O) groups is 1. The van der Waals surface area contributed by atoms with E-state index in [0.717, 1.165) is 0 Å². The van der Waals surface area contributed by atoms with Crippen molar-refractivity contribution in [3.8, 4) is 5.75 Å². The molecule has 0 aliphatic heterocycles. The van der Waals surface area contributed by atoms with Crippen LogP contribution < -0.4 is 10.5 Å². The minimum absolute atomic E-state index is 0.126. The Balaban J connectivity index is 2.27. The molecule has 2 N–H and O–H groups in total. The van der Waals surface area contributed by atoms with Crippen molar-refractivity contribution in [3.63, 3.8) is 0 Å². The van der Waals surface area contributed by atoms with E-state index in [1.54, 1.807) is 12.1 Å². The first-order valence-corrected chi connectivity index (χ1v) is 6.44. The lowest BCUT2D eigenvalue weighted by atomic mass is 10.1. The average Bonchev–Trinajstić information content (AvgIpc) is 2.46. The Morgan fingerprint density at radius 3 is 2.76 bits per heavy atom. The molecular formula is C15H13ClFNO3. The molecule has 6 heteroatoms. The summed E-state index contributed by atoms with van der Waals surface area (Å²) in [5.41, 5.74) is 6.49. The number of methoxy groups -OCH3 is 1. The van der Waals surface area contributed by atoms with Crippen LogP contribution in [-0.4, -0.2) is 13.1 Å². The third-order valence-corrected chi connectivity index (χ3v) is 3.20. The van der Waals surface area contributed by atoms with Crippen LogP contribution >= 0.6 is 11.6 Å². The average molecular weight is 310 g/mol. The van der Waals surface area contributed by atoms with E-state index in [1.165, 1.54) is 31.4 Å². The molecule has 2 rings (SSSR count). The van der Waals surface area contributed by atoms with E-state index < -0.39 is 11.8 Å². The number of halogens is 2. The van der Waals surface area contributed by atoms with Crippen molar-refractivity contribution in [3.05, 3.63) is 58.4 Å². The molecule has 0 spiro atoms. The summed E-state index contributed by atoms with van der Waals surface area (Å²) in [6.07, 6.45) is 0. The number of ether oxygens (including phenoxy) is 2. The predicted molar refractivity (Wildman–Crippen MR) is 77.9 cm³/mol. The van der Waals surface area contributed by atoms with Crippen molar-refractivity contribution < 1.29 is 18.7 Å². The molecule has 0 aliphatic carbocycles. The maximum absolute atomic E-state index is 13.7. The van der Waals surface area contributed by atoms with Crippen molar-refractivity contribution in [1.82, 2.24) is 0 Å². The summed E-state index contributed by atoms with van der Waals surface area (Å²) in [6, 6.07) is 8.85. The highest BCUT2D eigenvalue weighted by molar-refractivity contribution is 6.31. The molecule has 0 unspecified atom stereocenters. The number of nitrogens with two attached hydrogens (primary N) is 1. The number of benzene rings is 2. The third kappa shape index (κ3) is 3.44. The van der Waals surface area contributed by atoms with Crippen LogP contribution in [0.1, 0.15) is 15.9 Å². The van der Waals surface area contributed by atoms with Crippen LogP contribution in [0.3, 0.4) is 0 Å². The molecule has 0 radical (unpaired) electrons. The first kappa shape index (κ1) is 15.1. The fraction of sp³-hybridized carbons (Fsp3) is 0.133. The number of carbonyl (C=O) groups excluding carboxylic acids is 1. The number of hydrogen-bond acceptors (Lipinski definition) is 4. The van der Waals surface area contributed by atoms with Gasteiger partial charge in [-0.15, -0.1) is 0 Å². The SMILES string of the molecule is COC(=O)c1ccc(N)cc1OCc1c(F)cccc1Cl. The van der Waals surface area contributed by atoms with Gasteiger partial charge < -0.3 is 15.2 Å². The maximum Gasteiger partial charge on any atom is 0.341 e. The van der Waals surface area contributed by atoms with Crippen molar-refractivity contribution >= 4 is 23.3 Å². The largest absolute Gasteiger partial charge is 0.488 e. The molecule has 2 aromatic carbocycles. The second-order valence-corrected chi connectivity index (χ2v) is 4.64. The number of hydrogen-bond donors (Lipinski definition) is 1. The zero-order valence-corrected chi connectivity index (χ0v) is 12.0. The standard InChI is InChI=1S/C15H13ClFNO3/c1-20-15(19)10-6-5-9(18)7-14(10)21-8-11-12(16)3-2-4-13(11)17/h2-7H,8,18H2,1H3. The van der Waals surface area contributed by atoms with E-state index in [4.69, 9.17) is 22.1 Å². The van der Waals surface area contributed by atoms with Gasteiger partial charge in [-0.2, -0.15) is 0 Å². The van der Waals surface area contributed by atoms with Gasteiger partial charge >= 0.3 is 5.97 Å². The Kier molecular flexibility index (Phi) is 4.65. The van der Waals surface area contributed by atoms with Crippen molar-refractivity contribution in [2.45, 2.75) is 6.61 Å². The Hall–Kier alpha value is -2.27. The van der Waals surface area contributed by atoms with E-state index in [-0.39, 0.29) is 28.5 Å². The lowest BCUT2D eigenvalue weighted by Crippen LogP contribution is -2.07. The van der Waals surface area contributed by atoms with Gasteiger partial charge in [0.25, 0.3) is 0 Å². The fourth-order valence-electron chi connectivity index (χ4n) is 1.76. The molecule has 0 bridgehead atoms. The summed E-state index contributed by atoms with van der Waals surface area (Å²) < 4.78 is 23.8. The lowest BCUT2D eigenvalue weighted by molar-refractivity contribution is 0.0595. The van der Waals surface area contributed by atoms with Crippen molar-refractivity contribution in [2.75, 3.05) is 12.8 Å². The van der Waals surface area contributed by atoms with E-state index in [9.17, 15) is 9.18 Å². The minimum Gasteiger partial charge on any atom is -0.488 e. The molecule has 0 aliphatic rings. The van der Waals surface area contributed by atoms with Crippen molar-refractivity contribution in [1.29, 1.82) is 0 Å². The van der Waals surface area contributed by atoms with Gasteiger partial charge in [-0.1, -0.05) is 17.7 Å². The Morgan fingerprint density at radius 2 is 2.10 bits per heavy atom. The molecule has 0 fully saturated rings. The monoisotopic (exact) mass is 309 g/mol. The molecule has 0 aromatic heterocycles. The van der Waals surface area contributed by atoms with Gasteiger partial charge in [0.1, 0.15) is 23.7 Å². The van der Waals surface area contributed by atoms with Gasteiger partial charge in [0, 0.05) is 17.3 Å². The summed E-state index contributed by atoms with van der Waals surface area (Å²) in [5, 5.41) is 0.249. The van der Waals surface area contributed by atoms with E-state index in [2.05, 4.69) is 4.74 Å². The Labute approximate surface area is 126 Å². The van der Waals surface area contributed by atoms with Gasteiger partial charge in [-0.3, -0.25) is 0 Å². The maximum atomic E-state index is 13.7. The molecule has 0 atom stereocenters. The second-order valence-electron chi connectivity index (χ2n) is 4.24. The Morgan fingerprint density at radius 1 is 1.33 bits per heavy atom. The number of anilines is 1. The highest BCUT2D eigenvalue weighted by Gasteiger charge is 2.15. The first-order chi connectivity index (χ1) is 10.0. The molecule has 0 amide bonds. The van der Waals surface area contributed by atoms with Crippen molar-refractivity contribution in [2.24, 2.45) is 0 Å². The molecule has 4 nitrogen and oxygen atoms in total.